The normalized spacial score (nSPS) is 18.6. The molecule has 1 aliphatic heterocycles. The van der Waals surface area contributed by atoms with Crippen LogP contribution in [-0.4, -0.2) is 43.4 Å². The molecule has 0 aromatic heterocycles. The molecule has 0 unspecified atom stereocenters. The van der Waals surface area contributed by atoms with Crippen LogP contribution >= 0.6 is 12.4 Å². The number of Topliss-reactive ketones (excluding diaryl/α,β-unsaturated/α-hetero) is 1. The number of alkyl halides is 3. The molecule has 1 saturated heterocycles. The van der Waals surface area contributed by atoms with Gasteiger partial charge in [-0.25, -0.2) is 0 Å². The number of ketones is 1. The Morgan fingerprint density at radius 3 is 2.42 bits per heavy atom. The number of hydrogen-bond acceptors (Lipinski definition) is 3. The Balaban J connectivity index is 0.00000272. The number of halogens is 4. The Bertz CT molecular complexity index is 979. The summed E-state index contributed by atoms with van der Waals surface area (Å²) in [5.74, 6) is -0.0870. The lowest BCUT2D eigenvalue weighted by Crippen LogP contribution is -2.46. The highest BCUT2D eigenvalue weighted by Crippen LogP contribution is 2.32. The summed E-state index contributed by atoms with van der Waals surface area (Å²) in [6.45, 7) is 7.26. The Morgan fingerprint density at radius 2 is 1.74 bits per heavy atom. The minimum atomic E-state index is -4.39. The van der Waals surface area contributed by atoms with E-state index in [0.717, 1.165) is 56.1 Å². The Morgan fingerprint density at radius 1 is 1.00 bits per heavy atom. The molecule has 2 aromatic rings. The third kappa shape index (κ3) is 5.13. The average molecular weight is 451 g/mol. The van der Waals surface area contributed by atoms with Crippen molar-refractivity contribution in [3.05, 3.63) is 70.3 Å². The topological polar surface area (TPSA) is 23.6 Å². The van der Waals surface area contributed by atoms with Gasteiger partial charge in [0.1, 0.15) is 0 Å². The Kier molecular flexibility index (Phi) is 7.12. The zero-order valence-electron chi connectivity index (χ0n) is 17.4. The van der Waals surface area contributed by atoms with E-state index in [1.807, 2.05) is 12.1 Å². The van der Waals surface area contributed by atoms with E-state index in [4.69, 9.17) is 0 Å². The van der Waals surface area contributed by atoms with Crippen LogP contribution in [0.15, 0.2) is 48.0 Å². The second-order valence-electron chi connectivity index (χ2n) is 7.88. The van der Waals surface area contributed by atoms with Crippen LogP contribution in [0.25, 0.3) is 6.08 Å². The molecule has 1 aliphatic carbocycles. The molecule has 0 N–H and O–H groups in total. The monoisotopic (exact) mass is 450 g/mol. The molecule has 2 aliphatic rings. The summed E-state index contributed by atoms with van der Waals surface area (Å²) in [6, 6.07) is 11.1. The second kappa shape index (κ2) is 9.45. The number of allylic oxidation sites excluding steroid dienone is 1. The number of piperazine rings is 1. The molecule has 3 nitrogen and oxygen atoms in total. The van der Waals surface area contributed by atoms with Gasteiger partial charge in [0, 0.05) is 43.0 Å². The van der Waals surface area contributed by atoms with Crippen molar-refractivity contribution in [1.29, 1.82) is 0 Å². The van der Waals surface area contributed by atoms with Gasteiger partial charge in [-0.1, -0.05) is 19.1 Å². The van der Waals surface area contributed by atoms with Crippen molar-refractivity contribution >= 4 is 30.0 Å². The van der Waals surface area contributed by atoms with Gasteiger partial charge in [-0.15, -0.1) is 12.4 Å². The molecule has 2 aromatic carbocycles. The van der Waals surface area contributed by atoms with Crippen LogP contribution in [0.3, 0.4) is 0 Å². The first-order valence-corrected chi connectivity index (χ1v) is 10.4. The minimum Gasteiger partial charge on any atom is -0.369 e. The number of benzene rings is 2. The summed E-state index contributed by atoms with van der Waals surface area (Å²) >= 11 is 0. The summed E-state index contributed by atoms with van der Waals surface area (Å²) in [6.07, 6.45) is -1.54. The predicted octanol–water partition coefficient (Wildman–Crippen LogP) is 5.48. The van der Waals surface area contributed by atoms with E-state index >= 15 is 0 Å². The third-order valence-electron chi connectivity index (χ3n) is 6.03. The number of likely N-dealkylation sites (N-methyl/N-ethyl adjacent to an activating group) is 1. The number of rotatable bonds is 3. The molecule has 0 saturated carbocycles. The number of carbonyl (C=O) groups is 1. The third-order valence-corrected chi connectivity index (χ3v) is 6.03. The average Bonchev–Trinajstić information content (AvgIpc) is 2.75. The summed E-state index contributed by atoms with van der Waals surface area (Å²) in [5.41, 5.74) is 3.09. The maximum Gasteiger partial charge on any atom is 0.416 e. The lowest BCUT2D eigenvalue weighted by atomic mass is 9.85. The van der Waals surface area contributed by atoms with E-state index in [2.05, 4.69) is 22.8 Å². The fraction of sp³-hybridized carbons (Fsp3) is 0.375. The number of carbonyl (C=O) groups excluding carboxylic acids is 1. The van der Waals surface area contributed by atoms with E-state index in [1.54, 1.807) is 12.1 Å². The summed E-state index contributed by atoms with van der Waals surface area (Å²) < 4.78 is 38.9. The largest absolute Gasteiger partial charge is 0.416 e. The van der Waals surface area contributed by atoms with Crippen molar-refractivity contribution < 1.29 is 18.0 Å². The molecule has 1 fully saturated rings. The number of fused-ring (bicyclic) bond motifs is 1. The quantitative estimate of drug-likeness (QED) is 0.578. The van der Waals surface area contributed by atoms with Gasteiger partial charge in [0.05, 0.1) is 5.56 Å². The van der Waals surface area contributed by atoms with Crippen LogP contribution in [0.1, 0.15) is 40.4 Å². The standard InChI is InChI=1S/C24H25F3N2O.ClH/c1-2-28-10-12-29(13-11-28)21-8-9-22-18(16-21)6-7-19(23(22)30)14-17-4-3-5-20(15-17)24(25,26)27;/h3-5,8-9,14-16H,2,6-7,10-13H2,1H3;1H/b19-14+;. The van der Waals surface area contributed by atoms with Crippen LogP contribution in [0, 0.1) is 0 Å². The maximum atomic E-state index is 13.0. The summed E-state index contributed by atoms with van der Waals surface area (Å²) in [7, 11) is 0. The summed E-state index contributed by atoms with van der Waals surface area (Å²) in [4.78, 5) is 17.7. The number of nitrogens with zero attached hydrogens (tertiary/aromatic N) is 2. The molecular formula is C24H26ClF3N2O. The zero-order valence-corrected chi connectivity index (χ0v) is 18.2. The van der Waals surface area contributed by atoms with Crippen LogP contribution < -0.4 is 4.90 Å². The van der Waals surface area contributed by atoms with Gasteiger partial charge in [0.25, 0.3) is 0 Å². The van der Waals surface area contributed by atoms with Gasteiger partial charge in [0.2, 0.25) is 0 Å². The van der Waals surface area contributed by atoms with Crippen LogP contribution in [0.5, 0.6) is 0 Å². The highest BCUT2D eigenvalue weighted by molar-refractivity contribution is 6.13. The van der Waals surface area contributed by atoms with Gasteiger partial charge in [-0.3, -0.25) is 4.79 Å². The Hall–Kier alpha value is -2.31. The molecule has 0 spiro atoms. The van der Waals surface area contributed by atoms with E-state index in [-0.39, 0.29) is 18.2 Å². The molecule has 0 amide bonds. The SMILES string of the molecule is CCN1CCN(c2ccc3c(c2)CC/C(=C\c2cccc(C(F)(F)F)c2)C3=O)CC1.Cl. The number of hydrogen-bond donors (Lipinski definition) is 0. The predicted molar refractivity (Wildman–Crippen MR) is 120 cm³/mol. The lowest BCUT2D eigenvalue weighted by molar-refractivity contribution is -0.137. The first-order valence-electron chi connectivity index (χ1n) is 10.4. The van der Waals surface area contributed by atoms with Crippen molar-refractivity contribution in [2.24, 2.45) is 0 Å². The van der Waals surface area contributed by atoms with Crippen LogP contribution in [0.2, 0.25) is 0 Å². The zero-order chi connectivity index (χ0) is 21.3. The molecule has 7 heteroatoms. The van der Waals surface area contributed by atoms with Gasteiger partial charge in [-0.2, -0.15) is 13.2 Å². The van der Waals surface area contributed by atoms with Gasteiger partial charge < -0.3 is 9.80 Å². The first-order chi connectivity index (χ1) is 14.3. The van der Waals surface area contributed by atoms with Crippen molar-refractivity contribution in [1.82, 2.24) is 4.90 Å². The smallest absolute Gasteiger partial charge is 0.369 e. The molecule has 1 heterocycles. The van der Waals surface area contributed by atoms with Crippen molar-refractivity contribution in [3.63, 3.8) is 0 Å². The highest BCUT2D eigenvalue weighted by Gasteiger charge is 2.30. The minimum absolute atomic E-state index is 0. The van der Waals surface area contributed by atoms with Crippen molar-refractivity contribution in [2.45, 2.75) is 25.9 Å². The number of aryl methyl sites for hydroxylation is 1. The fourth-order valence-corrected chi connectivity index (χ4v) is 4.23. The van der Waals surface area contributed by atoms with Crippen LogP contribution in [-0.2, 0) is 12.6 Å². The molecule has 166 valence electrons. The Labute approximate surface area is 186 Å². The van der Waals surface area contributed by atoms with E-state index in [9.17, 15) is 18.0 Å². The van der Waals surface area contributed by atoms with Gasteiger partial charge >= 0.3 is 6.18 Å². The first kappa shape index (κ1) is 23.4. The van der Waals surface area contributed by atoms with E-state index in [0.29, 0.717) is 29.5 Å². The highest BCUT2D eigenvalue weighted by atomic mass is 35.5. The molecule has 0 bridgehead atoms. The molecule has 31 heavy (non-hydrogen) atoms. The summed E-state index contributed by atoms with van der Waals surface area (Å²) in [5, 5.41) is 0. The fourth-order valence-electron chi connectivity index (χ4n) is 4.23. The van der Waals surface area contributed by atoms with Gasteiger partial charge in [0.15, 0.2) is 5.78 Å². The molecular weight excluding hydrogens is 425 g/mol. The number of anilines is 1. The van der Waals surface area contributed by atoms with Crippen molar-refractivity contribution in [3.8, 4) is 0 Å². The van der Waals surface area contributed by atoms with Crippen molar-refractivity contribution in [2.75, 3.05) is 37.6 Å². The second-order valence-corrected chi connectivity index (χ2v) is 7.88. The van der Waals surface area contributed by atoms with Crippen LogP contribution in [0.4, 0.5) is 18.9 Å². The van der Waals surface area contributed by atoms with E-state index in [1.165, 1.54) is 6.07 Å². The molecule has 0 atom stereocenters. The lowest BCUT2D eigenvalue weighted by Gasteiger charge is -2.36. The molecule has 4 rings (SSSR count). The van der Waals surface area contributed by atoms with E-state index < -0.39 is 11.7 Å². The van der Waals surface area contributed by atoms with Gasteiger partial charge in [-0.05, 0) is 66.9 Å². The maximum absolute atomic E-state index is 13.0. The molecule has 0 radical (unpaired) electrons.